The lowest BCUT2D eigenvalue weighted by molar-refractivity contribution is 0.677. The molecule has 0 saturated heterocycles. The maximum absolute atomic E-state index is 12.8. The zero-order valence-corrected chi connectivity index (χ0v) is 14.9. The van der Waals surface area contributed by atoms with Gasteiger partial charge in [-0.05, 0) is 67.1 Å². The van der Waals surface area contributed by atoms with Crippen LogP contribution in [-0.4, -0.2) is 14.2 Å². The van der Waals surface area contributed by atoms with E-state index in [0.717, 1.165) is 17.5 Å². The number of aromatic nitrogens is 2. The number of rotatable bonds is 4. The molecule has 3 nitrogen and oxygen atoms in total. The molecule has 120 valence electrons. The Morgan fingerprint density at radius 2 is 1.91 bits per heavy atom. The van der Waals surface area contributed by atoms with Gasteiger partial charge >= 0.3 is 0 Å². The van der Waals surface area contributed by atoms with Gasteiger partial charge in [-0.2, -0.15) is 0 Å². The van der Waals surface area contributed by atoms with Gasteiger partial charge in [0.1, 0.15) is 0 Å². The quantitative estimate of drug-likeness (QED) is 0.774. The maximum Gasteiger partial charge on any atom is 0.197 e. The molecule has 1 atom stereocenters. The minimum absolute atomic E-state index is 0.504. The second kappa shape index (κ2) is 6.28. The van der Waals surface area contributed by atoms with Crippen LogP contribution in [0.4, 0.5) is 0 Å². The fourth-order valence-corrected chi connectivity index (χ4v) is 4.22. The minimum Gasteiger partial charge on any atom is -0.331 e. The highest BCUT2D eigenvalue weighted by Crippen LogP contribution is 2.23. The molecule has 0 spiro atoms. The van der Waals surface area contributed by atoms with Crippen molar-refractivity contribution < 1.29 is 4.21 Å². The third-order valence-corrected chi connectivity index (χ3v) is 5.61. The number of nitrogens with zero attached hydrogens (tertiary/aromatic N) is 1. The van der Waals surface area contributed by atoms with Gasteiger partial charge in [0.2, 0.25) is 0 Å². The van der Waals surface area contributed by atoms with Crippen LogP contribution in [0.15, 0.2) is 35.5 Å². The molecule has 1 unspecified atom stereocenters. The lowest BCUT2D eigenvalue weighted by Crippen LogP contribution is -2.04. The Kier molecular flexibility index (Phi) is 4.35. The SMILES string of the molecule is CCc1ccc(C)c(CS(=O)c2nc3ccc(C)cc3[nH]2)c1C. The van der Waals surface area contributed by atoms with Crippen LogP contribution in [0.1, 0.15) is 34.7 Å². The molecule has 0 amide bonds. The lowest BCUT2D eigenvalue weighted by atomic mass is 9.97. The summed E-state index contributed by atoms with van der Waals surface area (Å²) in [4.78, 5) is 7.71. The minimum atomic E-state index is -1.17. The van der Waals surface area contributed by atoms with Crippen LogP contribution in [0.5, 0.6) is 0 Å². The Bertz CT molecular complexity index is 896. The number of nitrogens with one attached hydrogen (secondary N) is 1. The van der Waals surface area contributed by atoms with Gasteiger partial charge in [-0.15, -0.1) is 0 Å². The molecule has 4 heteroatoms. The highest BCUT2D eigenvalue weighted by Gasteiger charge is 2.15. The van der Waals surface area contributed by atoms with Crippen molar-refractivity contribution in [3.63, 3.8) is 0 Å². The molecule has 23 heavy (non-hydrogen) atoms. The van der Waals surface area contributed by atoms with E-state index in [1.165, 1.54) is 27.8 Å². The molecule has 0 fully saturated rings. The van der Waals surface area contributed by atoms with E-state index in [2.05, 4.69) is 42.9 Å². The molecule has 0 aliphatic heterocycles. The largest absolute Gasteiger partial charge is 0.331 e. The third kappa shape index (κ3) is 3.08. The van der Waals surface area contributed by atoms with Gasteiger partial charge in [-0.3, -0.25) is 4.21 Å². The van der Waals surface area contributed by atoms with E-state index in [1.54, 1.807) is 0 Å². The molecule has 1 N–H and O–H groups in total. The second-order valence-corrected chi connectivity index (χ2v) is 7.42. The van der Waals surface area contributed by atoms with Crippen LogP contribution >= 0.6 is 0 Å². The van der Waals surface area contributed by atoms with Crippen molar-refractivity contribution in [2.24, 2.45) is 0 Å². The molecular weight excluding hydrogens is 304 g/mol. The zero-order valence-electron chi connectivity index (χ0n) is 14.1. The molecule has 0 bridgehead atoms. The van der Waals surface area contributed by atoms with Crippen LogP contribution in [0.25, 0.3) is 11.0 Å². The Morgan fingerprint density at radius 3 is 2.65 bits per heavy atom. The highest BCUT2D eigenvalue weighted by molar-refractivity contribution is 7.84. The number of fused-ring (bicyclic) bond motifs is 1. The van der Waals surface area contributed by atoms with E-state index in [-0.39, 0.29) is 0 Å². The van der Waals surface area contributed by atoms with Gasteiger partial charge in [-0.1, -0.05) is 25.1 Å². The first-order chi connectivity index (χ1) is 11.0. The molecule has 3 rings (SSSR count). The summed E-state index contributed by atoms with van der Waals surface area (Å²) < 4.78 is 12.8. The fraction of sp³-hybridized carbons (Fsp3) is 0.316. The van der Waals surface area contributed by atoms with Gasteiger partial charge in [0.15, 0.2) is 5.16 Å². The van der Waals surface area contributed by atoms with Crippen LogP contribution in [0, 0.1) is 20.8 Å². The van der Waals surface area contributed by atoms with Crippen molar-refractivity contribution in [2.75, 3.05) is 0 Å². The zero-order chi connectivity index (χ0) is 16.6. The molecule has 0 aliphatic carbocycles. The molecule has 2 aromatic carbocycles. The predicted octanol–water partition coefficient (Wildman–Crippen LogP) is 4.36. The van der Waals surface area contributed by atoms with Gasteiger partial charge in [0, 0.05) is 0 Å². The molecule has 0 aliphatic rings. The van der Waals surface area contributed by atoms with Crippen molar-refractivity contribution in [2.45, 2.75) is 45.0 Å². The lowest BCUT2D eigenvalue weighted by Gasteiger charge is -2.12. The van der Waals surface area contributed by atoms with Crippen LogP contribution < -0.4 is 0 Å². The third-order valence-electron chi connectivity index (χ3n) is 4.43. The molecule has 1 aromatic heterocycles. The number of hydrogen-bond acceptors (Lipinski definition) is 2. The summed E-state index contributed by atoms with van der Waals surface area (Å²) >= 11 is 0. The van der Waals surface area contributed by atoms with E-state index in [9.17, 15) is 4.21 Å². The van der Waals surface area contributed by atoms with E-state index >= 15 is 0 Å². The second-order valence-electron chi connectivity index (χ2n) is 6.05. The summed E-state index contributed by atoms with van der Waals surface area (Å²) in [7, 11) is -1.17. The number of hydrogen-bond donors (Lipinski definition) is 1. The van der Waals surface area contributed by atoms with E-state index < -0.39 is 10.8 Å². The van der Waals surface area contributed by atoms with Crippen molar-refractivity contribution in [3.8, 4) is 0 Å². The van der Waals surface area contributed by atoms with Crippen LogP contribution in [0.2, 0.25) is 0 Å². The van der Waals surface area contributed by atoms with E-state index in [1.807, 2.05) is 25.1 Å². The van der Waals surface area contributed by atoms with Crippen molar-refractivity contribution in [3.05, 3.63) is 58.1 Å². The Labute approximate surface area is 139 Å². The molecule has 3 aromatic rings. The standard InChI is InChI=1S/C19H22N2OS/c1-5-15-8-7-13(3)16(14(15)4)11-23(22)19-20-17-9-6-12(2)10-18(17)21-19/h6-10H,5,11H2,1-4H3,(H,20,21). The Hall–Kier alpha value is -1.94. The molecule has 0 saturated carbocycles. The van der Waals surface area contributed by atoms with E-state index in [4.69, 9.17) is 0 Å². The summed E-state index contributed by atoms with van der Waals surface area (Å²) in [5.74, 6) is 0.504. The fourth-order valence-electron chi connectivity index (χ4n) is 2.95. The summed E-state index contributed by atoms with van der Waals surface area (Å²) in [6, 6.07) is 10.3. The predicted molar refractivity (Wildman–Crippen MR) is 96.2 cm³/mol. The van der Waals surface area contributed by atoms with Crippen molar-refractivity contribution in [1.82, 2.24) is 9.97 Å². The summed E-state index contributed by atoms with van der Waals surface area (Å²) in [5, 5.41) is 0.561. The van der Waals surface area contributed by atoms with Crippen LogP contribution in [-0.2, 0) is 23.0 Å². The smallest absolute Gasteiger partial charge is 0.197 e. The number of aryl methyl sites for hydroxylation is 3. The van der Waals surface area contributed by atoms with E-state index in [0.29, 0.717) is 10.9 Å². The molecule has 1 heterocycles. The number of benzene rings is 2. The average Bonchev–Trinajstić information content (AvgIpc) is 2.94. The summed E-state index contributed by atoms with van der Waals surface area (Å²) in [5.41, 5.74) is 7.94. The summed E-state index contributed by atoms with van der Waals surface area (Å²) in [6.07, 6.45) is 0.996. The first kappa shape index (κ1) is 15.9. The summed E-state index contributed by atoms with van der Waals surface area (Å²) in [6.45, 7) is 8.40. The Balaban J connectivity index is 1.94. The number of imidazole rings is 1. The van der Waals surface area contributed by atoms with Crippen molar-refractivity contribution in [1.29, 1.82) is 0 Å². The maximum atomic E-state index is 12.8. The monoisotopic (exact) mass is 326 g/mol. The average molecular weight is 326 g/mol. The first-order valence-corrected chi connectivity index (χ1v) is 9.24. The molecule has 0 radical (unpaired) electrons. The molecular formula is C19H22N2OS. The van der Waals surface area contributed by atoms with Crippen molar-refractivity contribution >= 4 is 21.8 Å². The normalized spacial score (nSPS) is 12.7. The highest BCUT2D eigenvalue weighted by atomic mass is 32.2. The van der Waals surface area contributed by atoms with Gasteiger partial charge in [0.25, 0.3) is 0 Å². The number of H-pyrrole nitrogens is 1. The van der Waals surface area contributed by atoms with Gasteiger partial charge in [-0.25, -0.2) is 4.98 Å². The van der Waals surface area contributed by atoms with Crippen LogP contribution in [0.3, 0.4) is 0 Å². The van der Waals surface area contributed by atoms with Gasteiger partial charge in [0.05, 0.1) is 27.6 Å². The first-order valence-electron chi connectivity index (χ1n) is 7.92. The topological polar surface area (TPSA) is 45.8 Å². The Morgan fingerprint density at radius 1 is 1.13 bits per heavy atom. The number of aromatic amines is 1. The van der Waals surface area contributed by atoms with Gasteiger partial charge < -0.3 is 4.98 Å².